The van der Waals surface area contributed by atoms with Gasteiger partial charge in [0.15, 0.2) is 0 Å². The smallest absolute Gasteiger partial charge is 0.242 e. The van der Waals surface area contributed by atoms with E-state index in [-0.39, 0.29) is 18.4 Å². The lowest BCUT2D eigenvalue weighted by atomic mass is 10.2. The summed E-state index contributed by atoms with van der Waals surface area (Å²) >= 11 is 9.46. The van der Waals surface area contributed by atoms with Crippen molar-refractivity contribution in [3.63, 3.8) is 0 Å². The lowest BCUT2D eigenvalue weighted by Gasteiger charge is -2.35. The van der Waals surface area contributed by atoms with Crippen molar-refractivity contribution in [3.05, 3.63) is 46.3 Å². The maximum Gasteiger partial charge on any atom is 0.242 e. The Morgan fingerprint density at radius 2 is 1.93 bits per heavy atom. The summed E-state index contributed by atoms with van der Waals surface area (Å²) in [4.78, 5) is 32.6. The second kappa shape index (κ2) is 8.86. The van der Waals surface area contributed by atoms with E-state index in [2.05, 4.69) is 23.1 Å². The number of amides is 2. The molecule has 4 rings (SSSR count). The van der Waals surface area contributed by atoms with Crippen molar-refractivity contribution in [1.29, 1.82) is 0 Å². The van der Waals surface area contributed by atoms with Gasteiger partial charge in [-0.15, -0.1) is 23.1 Å². The molecule has 2 aliphatic heterocycles. The molecule has 1 aromatic heterocycles. The number of carbonyl (C=O) groups excluding carboxylic acids is 2. The number of rotatable bonds is 5. The third kappa shape index (κ3) is 4.71. The van der Waals surface area contributed by atoms with Crippen LogP contribution in [0.25, 0.3) is 10.4 Å². The van der Waals surface area contributed by atoms with Crippen LogP contribution in [0.3, 0.4) is 0 Å². The van der Waals surface area contributed by atoms with E-state index in [1.54, 1.807) is 28.0 Å². The Kier molecular flexibility index (Phi) is 6.25. The van der Waals surface area contributed by atoms with Crippen LogP contribution in [0.5, 0.6) is 0 Å². The van der Waals surface area contributed by atoms with Gasteiger partial charge in [0.1, 0.15) is 6.54 Å². The van der Waals surface area contributed by atoms with Crippen LogP contribution in [0, 0.1) is 0 Å². The molecule has 2 amide bonds. The molecule has 0 atom stereocenters. The standard InChI is InChI=1S/C20H22ClN3O2S2/c21-16-3-1-2-15(10-16)18-5-4-17(28-18)11-22-6-8-23(9-7-22)19(25)12-24-14-27-13-20(24)26/h1-5,10H,6-9,11-14H2. The summed E-state index contributed by atoms with van der Waals surface area (Å²) in [7, 11) is 0. The first-order chi connectivity index (χ1) is 13.6. The van der Waals surface area contributed by atoms with Crippen molar-refractivity contribution < 1.29 is 9.59 Å². The first-order valence-corrected chi connectivity index (χ1v) is 11.6. The molecule has 0 spiro atoms. The van der Waals surface area contributed by atoms with Gasteiger partial charge in [-0.25, -0.2) is 0 Å². The van der Waals surface area contributed by atoms with Crippen LogP contribution in [0.1, 0.15) is 4.88 Å². The second-order valence-corrected chi connectivity index (χ2v) is 9.56. The van der Waals surface area contributed by atoms with Crippen LogP contribution < -0.4 is 0 Å². The highest BCUT2D eigenvalue weighted by molar-refractivity contribution is 8.00. The molecule has 2 fully saturated rings. The lowest BCUT2D eigenvalue weighted by Crippen LogP contribution is -2.51. The average Bonchev–Trinajstić information content (AvgIpc) is 3.32. The summed E-state index contributed by atoms with van der Waals surface area (Å²) in [6.45, 7) is 4.28. The number of nitrogens with zero attached hydrogens (tertiary/aromatic N) is 3. The molecule has 148 valence electrons. The summed E-state index contributed by atoms with van der Waals surface area (Å²) < 4.78 is 0. The number of halogens is 1. The zero-order valence-corrected chi connectivity index (χ0v) is 17.9. The first kappa shape index (κ1) is 19.8. The maximum absolute atomic E-state index is 12.4. The van der Waals surface area contributed by atoms with Gasteiger partial charge in [0.2, 0.25) is 11.8 Å². The first-order valence-electron chi connectivity index (χ1n) is 9.29. The van der Waals surface area contributed by atoms with Gasteiger partial charge in [-0.1, -0.05) is 23.7 Å². The molecule has 0 bridgehead atoms. The lowest BCUT2D eigenvalue weighted by molar-refractivity contribution is -0.139. The number of carbonyl (C=O) groups is 2. The number of piperazine rings is 1. The van der Waals surface area contributed by atoms with Gasteiger partial charge in [0, 0.05) is 47.5 Å². The van der Waals surface area contributed by atoms with Crippen molar-refractivity contribution in [3.8, 4) is 10.4 Å². The molecule has 1 aromatic carbocycles. The van der Waals surface area contributed by atoms with E-state index in [0.717, 1.165) is 43.3 Å². The zero-order valence-electron chi connectivity index (χ0n) is 15.5. The van der Waals surface area contributed by atoms with Gasteiger partial charge < -0.3 is 9.80 Å². The molecule has 2 saturated heterocycles. The minimum atomic E-state index is 0.0647. The predicted octanol–water partition coefficient (Wildman–Crippen LogP) is 3.25. The van der Waals surface area contributed by atoms with Gasteiger partial charge in [0.25, 0.3) is 0 Å². The van der Waals surface area contributed by atoms with Crippen molar-refractivity contribution in [2.45, 2.75) is 6.54 Å². The van der Waals surface area contributed by atoms with E-state index in [4.69, 9.17) is 11.6 Å². The highest BCUT2D eigenvalue weighted by Gasteiger charge is 2.27. The van der Waals surface area contributed by atoms with Gasteiger partial charge >= 0.3 is 0 Å². The van der Waals surface area contributed by atoms with Gasteiger partial charge in [-0.05, 0) is 29.8 Å². The minimum absolute atomic E-state index is 0.0647. The molecule has 0 saturated carbocycles. The van der Waals surface area contributed by atoms with Crippen molar-refractivity contribution in [2.75, 3.05) is 44.4 Å². The molecule has 0 radical (unpaired) electrons. The third-order valence-electron chi connectivity index (χ3n) is 5.03. The Labute approximate surface area is 178 Å². The van der Waals surface area contributed by atoms with Crippen molar-refractivity contribution >= 4 is 46.5 Å². The fourth-order valence-corrected chi connectivity index (χ4v) is 5.58. The fourth-order valence-electron chi connectivity index (χ4n) is 3.44. The Bertz CT molecular complexity index is 865. The summed E-state index contributed by atoms with van der Waals surface area (Å²) in [5, 5.41) is 0.752. The number of thioether (sulfide) groups is 1. The molecule has 5 nitrogen and oxygen atoms in total. The molecule has 3 heterocycles. The van der Waals surface area contributed by atoms with Crippen LogP contribution in [0.4, 0.5) is 0 Å². The number of hydrogen-bond acceptors (Lipinski definition) is 5. The molecule has 0 aliphatic carbocycles. The van der Waals surface area contributed by atoms with Crippen LogP contribution >= 0.6 is 34.7 Å². The van der Waals surface area contributed by atoms with E-state index in [0.29, 0.717) is 11.6 Å². The van der Waals surface area contributed by atoms with Crippen LogP contribution in [-0.2, 0) is 16.1 Å². The Morgan fingerprint density at radius 1 is 1.11 bits per heavy atom. The summed E-state index contributed by atoms with van der Waals surface area (Å²) in [6.07, 6.45) is 0. The van der Waals surface area contributed by atoms with Gasteiger partial charge in [0.05, 0.1) is 11.6 Å². The largest absolute Gasteiger partial charge is 0.339 e. The predicted molar refractivity (Wildman–Crippen MR) is 116 cm³/mol. The Balaban J connectivity index is 1.28. The second-order valence-electron chi connectivity index (χ2n) is 7.00. The molecular weight excluding hydrogens is 414 g/mol. The molecule has 2 aromatic rings. The van der Waals surface area contributed by atoms with Crippen LogP contribution in [0.2, 0.25) is 5.02 Å². The van der Waals surface area contributed by atoms with E-state index < -0.39 is 0 Å². The third-order valence-corrected chi connectivity index (χ3v) is 7.33. The Morgan fingerprint density at radius 3 is 2.64 bits per heavy atom. The number of hydrogen-bond donors (Lipinski definition) is 0. The summed E-state index contributed by atoms with van der Waals surface area (Å²) in [5.74, 6) is 1.27. The molecule has 8 heteroatoms. The fraction of sp³-hybridized carbons (Fsp3) is 0.400. The minimum Gasteiger partial charge on any atom is -0.339 e. The molecule has 0 unspecified atom stereocenters. The summed E-state index contributed by atoms with van der Waals surface area (Å²) in [6, 6.07) is 12.3. The van der Waals surface area contributed by atoms with Crippen LogP contribution in [0.15, 0.2) is 36.4 Å². The summed E-state index contributed by atoms with van der Waals surface area (Å²) in [5.41, 5.74) is 1.15. The number of thiophene rings is 1. The molecule has 2 aliphatic rings. The van der Waals surface area contributed by atoms with Crippen molar-refractivity contribution in [2.24, 2.45) is 0 Å². The van der Waals surface area contributed by atoms with Crippen LogP contribution in [-0.4, -0.2) is 70.9 Å². The van der Waals surface area contributed by atoms with E-state index in [1.807, 2.05) is 23.1 Å². The number of benzene rings is 1. The highest BCUT2D eigenvalue weighted by atomic mass is 35.5. The van der Waals surface area contributed by atoms with Crippen molar-refractivity contribution in [1.82, 2.24) is 14.7 Å². The maximum atomic E-state index is 12.4. The zero-order chi connectivity index (χ0) is 19.5. The monoisotopic (exact) mass is 435 g/mol. The average molecular weight is 436 g/mol. The van der Waals surface area contributed by atoms with E-state index in [9.17, 15) is 9.59 Å². The van der Waals surface area contributed by atoms with Gasteiger partial charge in [-0.2, -0.15) is 0 Å². The highest BCUT2D eigenvalue weighted by Crippen LogP contribution is 2.30. The molecular formula is C20H22ClN3O2S2. The normalized spacial score (nSPS) is 18.1. The SMILES string of the molecule is O=C(CN1CSCC1=O)N1CCN(Cc2ccc(-c3cccc(Cl)c3)s2)CC1. The molecule has 28 heavy (non-hydrogen) atoms. The quantitative estimate of drug-likeness (QED) is 0.723. The van der Waals surface area contributed by atoms with E-state index in [1.165, 1.54) is 9.75 Å². The Hall–Kier alpha value is -1.54. The topological polar surface area (TPSA) is 43.9 Å². The molecule has 0 N–H and O–H groups in total. The van der Waals surface area contributed by atoms with Gasteiger partial charge in [-0.3, -0.25) is 14.5 Å². The van der Waals surface area contributed by atoms with E-state index >= 15 is 0 Å².